The predicted octanol–water partition coefficient (Wildman–Crippen LogP) is 12.2. The van der Waals surface area contributed by atoms with E-state index in [4.69, 9.17) is 9.98 Å². The van der Waals surface area contributed by atoms with Gasteiger partial charge in [-0.3, -0.25) is 0 Å². The molecule has 1 aliphatic rings. The molecule has 1 aliphatic heterocycles. The van der Waals surface area contributed by atoms with E-state index in [1.54, 1.807) is 0 Å². The fraction of sp³-hybridized carbons (Fsp3) is 0.0417. The van der Waals surface area contributed by atoms with Crippen LogP contribution in [-0.4, -0.2) is 28.2 Å². The highest BCUT2D eigenvalue weighted by atomic mass is 32.1. The average molecular weight is 699 g/mol. The van der Waals surface area contributed by atoms with Gasteiger partial charge in [0, 0.05) is 55.2 Å². The van der Waals surface area contributed by atoms with Gasteiger partial charge >= 0.3 is 0 Å². The largest absolute Gasteiger partial charge is 0.333 e. The summed E-state index contributed by atoms with van der Waals surface area (Å²) in [6.07, 6.45) is -0.208. The Bertz CT molecular complexity index is 2830. The van der Waals surface area contributed by atoms with Crippen LogP contribution in [0.15, 0.2) is 192 Å². The van der Waals surface area contributed by atoms with E-state index in [1.165, 1.54) is 53.5 Å². The van der Waals surface area contributed by atoms with Crippen LogP contribution in [0.4, 0.5) is 0 Å². The fourth-order valence-electron chi connectivity index (χ4n) is 7.80. The van der Waals surface area contributed by atoms with Crippen molar-refractivity contribution in [2.75, 3.05) is 7.05 Å². The van der Waals surface area contributed by atoms with Gasteiger partial charge in [-0.05, 0) is 41.0 Å². The molecule has 0 saturated heterocycles. The molecule has 0 N–H and O–H groups in total. The summed E-state index contributed by atoms with van der Waals surface area (Å²) < 4.78 is 3.71. The first kappa shape index (κ1) is 31.2. The molecule has 0 radical (unpaired) electrons. The van der Waals surface area contributed by atoms with E-state index in [0.29, 0.717) is 0 Å². The van der Waals surface area contributed by atoms with Gasteiger partial charge in [0.2, 0.25) is 0 Å². The van der Waals surface area contributed by atoms with Crippen LogP contribution in [0.1, 0.15) is 22.9 Å². The summed E-state index contributed by atoms with van der Waals surface area (Å²) >= 11 is 1.89. The average Bonchev–Trinajstić information content (AvgIpc) is 3.79. The lowest BCUT2D eigenvalue weighted by Gasteiger charge is -2.32. The molecular formula is C48H34N4S. The Morgan fingerprint density at radius 2 is 1.15 bits per heavy atom. The minimum absolute atomic E-state index is 0.208. The van der Waals surface area contributed by atoms with Gasteiger partial charge in [0.25, 0.3) is 0 Å². The predicted molar refractivity (Wildman–Crippen MR) is 223 cm³/mol. The van der Waals surface area contributed by atoms with Gasteiger partial charge in [0.1, 0.15) is 12.0 Å². The van der Waals surface area contributed by atoms with Crippen molar-refractivity contribution in [3.63, 3.8) is 0 Å². The van der Waals surface area contributed by atoms with Crippen LogP contribution in [0.5, 0.6) is 0 Å². The lowest BCUT2D eigenvalue weighted by atomic mass is 9.98. The van der Waals surface area contributed by atoms with Crippen molar-refractivity contribution in [2.45, 2.75) is 6.17 Å². The van der Waals surface area contributed by atoms with E-state index in [0.717, 1.165) is 34.0 Å². The van der Waals surface area contributed by atoms with Crippen LogP contribution in [0.2, 0.25) is 0 Å². The van der Waals surface area contributed by atoms with Gasteiger partial charge in [-0.1, -0.05) is 158 Å². The van der Waals surface area contributed by atoms with E-state index in [2.05, 4.69) is 186 Å². The Balaban J connectivity index is 1.18. The first-order chi connectivity index (χ1) is 26.2. The molecule has 1 atom stereocenters. The molecule has 0 spiro atoms. The number of aromatic nitrogens is 1. The summed E-state index contributed by atoms with van der Waals surface area (Å²) in [5.41, 5.74) is 10.3. The summed E-state index contributed by atoms with van der Waals surface area (Å²) in [5.74, 6) is 1.62. The third-order valence-corrected chi connectivity index (χ3v) is 11.5. The molecule has 3 heterocycles. The number of fused-ring (bicyclic) bond motifs is 5. The van der Waals surface area contributed by atoms with Crippen LogP contribution in [0.25, 0.3) is 59.1 Å². The van der Waals surface area contributed by atoms with Crippen molar-refractivity contribution in [1.29, 1.82) is 0 Å². The van der Waals surface area contributed by atoms with E-state index in [-0.39, 0.29) is 6.17 Å². The van der Waals surface area contributed by atoms with Crippen LogP contribution in [-0.2, 0) is 0 Å². The number of hydrogen-bond acceptors (Lipinski definition) is 4. The van der Waals surface area contributed by atoms with Crippen LogP contribution in [0, 0.1) is 0 Å². The molecule has 9 aromatic rings. The molecule has 2 aromatic heterocycles. The van der Waals surface area contributed by atoms with Gasteiger partial charge in [-0.25, -0.2) is 9.98 Å². The third kappa shape index (κ3) is 5.28. The molecular weight excluding hydrogens is 665 g/mol. The number of thiophene rings is 1. The van der Waals surface area contributed by atoms with Crippen LogP contribution >= 0.6 is 11.3 Å². The number of rotatable bonds is 6. The molecule has 4 nitrogen and oxygen atoms in total. The van der Waals surface area contributed by atoms with Crippen molar-refractivity contribution < 1.29 is 0 Å². The zero-order valence-corrected chi connectivity index (χ0v) is 29.9. The Labute approximate surface area is 312 Å². The van der Waals surface area contributed by atoms with E-state index in [1.807, 2.05) is 23.5 Å². The normalized spacial score (nSPS) is 14.5. The molecule has 0 saturated carbocycles. The topological polar surface area (TPSA) is 32.9 Å². The number of nitrogens with zero attached hydrogens (tertiary/aromatic N) is 4. The van der Waals surface area contributed by atoms with Gasteiger partial charge in [0.05, 0.1) is 11.0 Å². The molecule has 5 heteroatoms. The van der Waals surface area contributed by atoms with Crippen LogP contribution in [0.3, 0.4) is 0 Å². The van der Waals surface area contributed by atoms with E-state index in [9.17, 15) is 0 Å². The lowest BCUT2D eigenvalue weighted by molar-refractivity contribution is 0.383. The highest BCUT2D eigenvalue weighted by Gasteiger charge is 2.27. The minimum Gasteiger partial charge on any atom is -0.333 e. The molecule has 1 unspecified atom stereocenters. The third-order valence-electron chi connectivity index (χ3n) is 10.2. The Kier molecular flexibility index (Phi) is 7.59. The second-order valence-electron chi connectivity index (χ2n) is 13.4. The van der Waals surface area contributed by atoms with Gasteiger partial charge in [-0.15, -0.1) is 11.3 Å². The number of para-hydroxylation sites is 1. The van der Waals surface area contributed by atoms with Crippen molar-refractivity contribution in [3.8, 4) is 27.3 Å². The Morgan fingerprint density at radius 3 is 1.89 bits per heavy atom. The minimum atomic E-state index is -0.208. The summed E-state index contributed by atoms with van der Waals surface area (Å²) in [6.45, 7) is 0. The van der Waals surface area contributed by atoms with Crippen LogP contribution < -0.4 is 0 Å². The van der Waals surface area contributed by atoms with Gasteiger partial charge in [-0.2, -0.15) is 0 Å². The monoisotopic (exact) mass is 698 g/mol. The van der Waals surface area contributed by atoms with E-state index < -0.39 is 0 Å². The molecule has 0 aliphatic carbocycles. The standard InChI is InChI=1S/C48H34N4S/c1-51-47(34-21-10-4-11-22-34)49-46(50-48(51)35-23-12-5-13-24-35)36-25-16-26-37(31-36)52-40-28-15-14-27-38(40)43-41(52)30-29-39-42(32-17-6-2-7-18-32)44(53-45(39)43)33-19-8-3-9-20-33/h2-31,47H,1H3. The van der Waals surface area contributed by atoms with Crippen molar-refractivity contribution in [2.24, 2.45) is 9.98 Å². The number of aliphatic imine (C=N–C) groups is 2. The molecule has 252 valence electrons. The first-order valence-electron chi connectivity index (χ1n) is 17.9. The Morgan fingerprint density at radius 1 is 0.528 bits per heavy atom. The van der Waals surface area contributed by atoms with Crippen molar-refractivity contribution in [3.05, 3.63) is 199 Å². The summed E-state index contributed by atoms with van der Waals surface area (Å²) in [5, 5.41) is 3.79. The van der Waals surface area contributed by atoms with Crippen molar-refractivity contribution in [1.82, 2.24) is 9.47 Å². The maximum atomic E-state index is 5.28. The molecule has 53 heavy (non-hydrogen) atoms. The van der Waals surface area contributed by atoms with E-state index >= 15 is 0 Å². The first-order valence-corrected chi connectivity index (χ1v) is 18.7. The smallest absolute Gasteiger partial charge is 0.159 e. The molecule has 0 fully saturated rings. The van der Waals surface area contributed by atoms with Gasteiger partial charge in [0.15, 0.2) is 5.84 Å². The highest BCUT2D eigenvalue weighted by molar-refractivity contribution is 7.24. The van der Waals surface area contributed by atoms with Crippen molar-refractivity contribution >= 4 is 54.9 Å². The number of benzene rings is 7. The molecule has 10 rings (SSSR count). The summed E-state index contributed by atoms with van der Waals surface area (Å²) in [4.78, 5) is 14.0. The Hall–Kier alpha value is -6.56. The van der Waals surface area contributed by atoms with Gasteiger partial charge < -0.3 is 9.47 Å². The molecule has 0 amide bonds. The molecule has 7 aromatic carbocycles. The number of hydrogen-bond donors (Lipinski definition) is 0. The maximum Gasteiger partial charge on any atom is 0.159 e. The zero-order valence-electron chi connectivity index (χ0n) is 29.1. The number of amidine groups is 2. The summed E-state index contributed by atoms with van der Waals surface area (Å²) in [7, 11) is 2.08. The second-order valence-corrected chi connectivity index (χ2v) is 14.4. The highest BCUT2D eigenvalue weighted by Crippen LogP contribution is 2.49. The lowest BCUT2D eigenvalue weighted by Crippen LogP contribution is -2.35. The quantitative estimate of drug-likeness (QED) is 0.170. The second kappa shape index (κ2) is 12.9. The zero-order chi connectivity index (χ0) is 35.3. The fourth-order valence-corrected chi connectivity index (χ4v) is 9.18. The SMILES string of the molecule is CN1C(c2ccccc2)=NC(c2cccc(-n3c4ccccc4c4c5sc(-c6ccccc6)c(-c6ccccc6)c5ccc43)c2)=NC1c1ccccc1. The maximum absolute atomic E-state index is 5.28. The summed E-state index contributed by atoms with van der Waals surface area (Å²) in [6, 6.07) is 64.6. The molecule has 0 bridgehead atoms.